The van der Waals surface area contributed by atoms with Crippen molar-refractivity contribution in [1.29, 1.82) is 0 Å². The summed E-state index contributed by atoms with van der Waals surface area (Å²) in [6, 6.07) is 14.0. The highest BCUT2D eigenvalue weighted by Crippen LogP contribution is 2.32. The standard InChI is InChI=1S/C18H20FN/c1-13-12-15(19)10-11-17(13)20-18-9-5-3-7-14-6-2-4-8-16(14)18/h2,4,6,8,10-12,18,20H,3,5,7,9H2,1H3. The van der Waals surface area contributed by atoms with E-state index in [0.717, 1.165) is 24.1 Å². The minimum absolute atomic E-state index is 0.172. The van der Waals surface area contributed by atoms with Crippen LogP contribution in [0.1, 0.15) is 42.0 Å². The van der Waals surface area contributed by atoms with E-state index in [-0.39, 0.29) is 5.82 Å². The maximum Gasteiger partial charge on any atom is 0.123 e. The molecule has 1 aliphatic rings. The Balaban J connectivity index is 1.90. The van der Waals surface area contributed by atoms with Crippen molar-refractivity contribution in [2.45, 2.75) is 38.6 Å². The Morgan fingerprint density at radius 3 is 2.80 bits per heavy atom. The maximum atomic E-state index is 13.2. The molecule has 2 aromatic rings. The van der Waals surface area contributed by atoms with Crippen molar-refractivity contribution in [3.05, 3.63) is 65.0 Å². The van der Waals surface area contributed by atoms with E-state index in [1.165, 1.54) is 30.0 Å². The van der Waals surface area contributed by atoms with Crippen molar-refractivity contribution in [3.63, 3.8) is 0 Å². The second kappa shape index (κ2) is 5.66. The van der Waals surface area contributed by atoms with Crippen LogP contribution in [0.2, 0.25) is 0 Å². The van der Waals surface area contributed by atoms with Crippen LogP contribution in [-0.2, 0) is 6.42 Å². The molecule has 1 unspecified atom stereocenters. The van der Waals surface area contributed by atoms with Crippen molar-refractivity contribution in [2.75, 3.05) is 5.32 Å². The molecular weight excluding hydrogens is 249 g/mol. The summed E-state index contributed by atoms with van der Waals surface area (Å²) in [6.45, 7) is 1.95. The summed E-state index contributed by atoms with van der Waals surface area (Å²) in [7, 11) is 0. The van der Waals surface area contributed by atoms with Gasteiger partial charge < -0.3 is 5.32 Å². The summed E-state index contributed by atoms with van der Waals surface area (Å²) < 4.78 is 13.2. The molecule has 2 aromatic carbocycles. The normalized spacial score (nSPS) is 18.2. The lowest BCUT2D eigenvalue weighted by atomic mass is 9.98. The summed E-state index contributed by atoms with van der Waals surface area (Å²) >= 11 is 0. The van der Waals surface area contributed by atoms with Gasteiger partial charge >= 0.3 is 0 Å². The molecule has 20 heavy (non-hydrogen) atoms. The molecule has 1 N–H and O–H groups in total. The number of rotatable bonds is 2. The van der Waals surface area contributed by atoms with E-state index in [2.05, 4.69) is 29.6 Å². The maximum absolute atomic E-state index is 13.2. The van der Waals surface area contributed by atoms with Gasteiger partial charge in [-0.25, -0.2) is 4.39 Å². The average Bonchev–Trinajstić information content (AvgIpc) is 2.65. The average molecular weight is 269 g/mol. The van der Waals surface area contributed by atoms with Crippen LogP contribution < -0.4 is 5.32 Å². The number of aryl methyl sites for hydroxylation is 2. The largest absolute Gasteiger partial charge is 0.378 e. The number of hydrogen-bond acceptors (Lipinski definition) is 1. The van der Waals surface area contributed by atoms with Gasteiger partial charge in [-0.15, -0.1) is 0 Å². The predicted octanol–water partition coefficient (Wildman–Crippen LogP) is 5.01. The van der Waals surface area contributed by atoms with Crippen molar-refractivity contribution in [2.24, 2.45) is 0 Å². The minimum Gasteiger partial charge on any atom is -0.378 e. The third-order valence-electron chi connectivity index (χ3n) is 4.14. The Hall–Kier alpha value is -1.83. The first-order valence-electron chi connectivity index (χ1n) is 7.34. The van der Waals surface area contributed by atoms with Crippen molar-refractivity contribution < 1.29 is 4.39 Å². The van der Waals surface area contributed by atoms with Crippen molar-refractivity contribution >= 4 is 5.69 Å². The summed E-state index contributed by atoms with van der Waals surface area (Å²) in [6.07, 6.45) is 4.77. The first kappa shape index (κ1) is 13.2. The summed E-state index contributed by atoms with van der Waals surface area (Å²) in [4.78, 5) is 0. The Kier molecular flexibility index (Phi) is 3.72. The van der Waals surface area contributed by atoms with Crippen LogP contribution in [0.15, 0.2) is 42.5 Å². The Morgan fingerprint density at radius 2 is 1.95 bits per heavy atom. The van der Waals surface area contributed by atoms with Crippen LogP contribution in [0.25, 0.3) is 0 Å². The van der Waals surface area contributed by atoms with Crippen LogP contribution in [0.5, 0.6) is 0 Å². The van der Waals surface area contributed by atoms with Gasteiger partial charge in [0, 0.05) is 5.69 Å². The fourth-order valence-corrected chi connectivity index (χ4v) is 3.05. The molecule has 0 saturated carbocycles. The lowest BCUT2D eigenvalue weighted by Crippen LogP contribution is -2.12. The van der Waals surface area contributed by atoms with Gasteiger partial charge in [0.1, 0.15) is 5.82 Å². The molecule has 1 aliphatic carbocycles. The Bertz CT molecular complexity index is 606. The molecule has 104 valence electrons. The van der Waals surface area contributed by atoms with Gasteiger partial charge in [-0.3, -0.25) is 0 Å². The summed E-state index contributed by atoms with van der Waals surface area (Å²) in [5.74, 6) is -0.172. The van der Waals surface area contributed by atoms with E-state index in [4.69, 9.17) is 0 Å². The predicted molar refractivity (Wildman–Crippen MR) is 81.5 cm³/mol. The molecule has 0 aromatic heterocycles. The SMILES string of the molecule is Cc1cc(F)ccc1NC1CCCCc2ccccc21. The highest BCUT2D eigenvalue weighted by atomic mass is 19.1. The number of nitrogens with one attached hydrogen (secondary N) is 1. The number of hydrogen-bond donors (Lipinski definition) is 1. The molecule has 0 aliphatic heterocycles. The van der Waals surface area contributed by atoms with E-state index < -0.39 is 0 Å². The monoisotopic (exact) mass is 269 g/mol. The molecule has 3 rings (SSSR count). The molecular formula is C18H20FN. The van der Waals surface area contributed by atoms with E-state index >= 15 is 0 Å². The number of fused-ring (bicyclic) bond motifs is 1. The molecule has 0 heterocycles. The third kappa shape index (κ3) is 2.69. The molecule has 0 amide bonds. The second-order valence-electron chi connectivity index (χ2n) is 5.60. The van der Waals surface area contributed by atoms with E-state index in [1.54, 1.807) is 6.07 Å². The third-order valence-corrected chi connectivity index (χ3v) is 4.14. The van der Waals surface area contributed by atoms with Gasteiger partial charge in [0.2, 0.25) is 0 Å². The highest BCUT2D eigenvalue weighted by Gasteiger charge is 2.18. The van der Waals surface area contributed by atoms with E-state index in [0.29, 0.717) is 6.04 Å². The lowest BCUT2D eigenvalue weighted by molar-refractivity contribution is 0.625. The van der Waals surface area contributed by atoms with Gasteiger partial charge in [-0.2, -0.15) is 0 Å². The van der Waals surface area contributed by atoms with E-state index in [9.17, 15) is 4.39 Å². The Labute approximate surface area is 119 Å². The number of benzene rings is 2. The topological polar surface area (TPSA) is 12.0 Å². The molecule has 0 spiro atoms. The first-order chi connectivity index (χ1) is 9.74. The zero-order chi connectivity index (χ0) is 13.9. The van der Waals surface area contributed by atoms with Gasteiger partial charge in [-0.1, -0.05) is 30.7 Å². The molecule has 0 saturated heterocycles. The number of anilines is 1. The molecule has 0 radical (unpaired) electrons. The Morgan fingerprint density at radius 1 is 1.10 bits per heavy atom. The van der Waals surface area contributed by atoms with Gasteiger partial charge in [-0.05, 0) is 61.1 Å². The lowest BCUT2D eigenvalue weighted by Gasteiger charge is -2.22. The molecule has 0 fully saturated rings. The van der Waals surface area contributed by atoms with Gasteiger partial charge in [0.05, 0.1) is 6.04 Å². The van der Waals surface area contributed by atoms with Crippen LogP contribution in [0.4, 0.5) is 10.1 Å². The van der Waals surface area contributed by atoms with Crippen molar-refractivity contribution in [3.8, 4) is 0 Å². The van der Waals surface area contributed by atoms with Crippen LogP contribution in [0.3, 0.4) is 0 Å². The quantitative estimate of drug-likeness (QED) is 0.755. The van der Waals surface area contributed by atoms with Crippen molar-refractivity contribution in [1.82, 2.24) is 0 Å². The summed E-state index contributed by atoms with van der Waals surface area (Å²) in [5.41, 5.74) is 4.84. The summed E-state index contributed by atoms with van der Waals surface area (Å²) in [5, 5.41) is 3.61. The second-order valence-corrected chi connectivity index (χ2v) is 5.60. The van der Waals surface area contributed by atoms with Gasteiger partial charge in [0.15, 0.2) is 0 Å². The molecule has 1 nitrogen and oxygen atoms in total. The smallest absolute Gasteiger partial charge is 0.123 e. The first-order valence-corrected chi connectivity index (χ1v) is 7.34. The highest BCUT2D eigenvalue weighted by molar-refractivity contribution is 5.53. The fourth-order valence-electron chi connectivity index (χ4n) is 3.05. The van der Waals surface area contributed by atoms with Gasteiger partial charge in [0.25, 0.3) is 0 Å². The zero-order valence-corrected chi connectivity index (χ0v) is 11.8. The van der Waals surface area contributed by atoms with Crippen LogP contribution in [0, 0.1) is 12.7 Å². The zero-order valence-electron chi connectivity index (χ0n) is 11.8. The van der Waals surface area contributed by atoms with Crippen LogP contribution >= 0.6 is 0 Å². The molecule has 0 bridgehead atoms. The van der Waals surface area contributed by atoms with E-state index in [1.807, 2.05) is 13.0 Å². The minimum atomic E-state index is -0.172. The molecule has 1 atom stereocenters. The molecule has 2 heteroatoms. The number of halogens is 1. The van der Waals surface area contributed by atoms with Crippen LogP contribution in [-0.4, -0.2) is 0 Å². The fraction of sp³-hybridized carbons (Fsp3) is 0.333.